The first-order chi connectivity index (χ1) is 8.50. The summed E-state index contributed by atoms with van der Waals surface area (Å²) < 4.78 is 18.3. The zero-order valence-electron chi connectivity index (χ0n) is 11.8. The second kappa shape index (κ2) is 6.02. The van der Waals surface area contributed by atoms with Crippen molar-refractivity contribution in [2.45, 2.75) is 69.1 Å². The standard InChI is InChI=1S/C14H27NO2S/c1-9(2)11-4-5-12(15)14(8-11)18(16)13-6-7-17-10(13)3/h9-14H,4-8,15H2,1-3H3. The fourth-order valence-electron chi connectivity index (χ4n) is 3.30. The molecule has 6 atom stereocenters. The minimum absolute atomic E-state index is 0.119. The van der Waals surface area contributed by atoms with Crippen LogP contribution in [-0.4, -0.2) is 33.5 Å². The predicted molar refractivity (Wildman–Crippen MR) is 75.9 cm³/mol. The number of nitrogens with two attached hydrogens (primary N) is 1. The molecule has 1 saturated heterocycles. The van der Waals surface area contributed by atoms with Crippen LogP contribution in [0, 0.1) is 11.8 Å². The highest BCUT2D eigenvalue weighted by Gasteiger charge is 2.39. The van der Waals surface area contributed by atoms with Gasteiger partial charge in [0.2, 0.25) is 0 Å². The normalized spacial score (nSPS) is 43.3. The molecule has 1 saturated carbocycles. The average Bonchev–Trinajstić information content (AvgIpc) is 2.75. The molecule has 2 aliphatic rings. The van der Waals surface area contributed by atoms with E-state index in [0.717, 1.165) is 25.9 Å². The molecule has 0 aromatic carbocycles. The first-order valence-electron chi connectivity index (χ1n) is 7.27. The molecular formula is C14H27NO2S. The predicted octanol–water partition coefficient (Wildman–Crippen LogP) is 2.06. The molecule has 2 fully saturated rings. The average molecular weight is 273 g/mol. The molecule has 6 unspecified atom stereocenters. The van der Waals surface area contributed by atoms with Crippen LogP contribution in [0.15, 0.2) is 0 Å². The van der Waals surface area contributed by atoms with Gasteiger partial charge in [-0.2, -0.15) is 0 Å². The van der Waals surface area contributed by atoms with Crippen molar-refractivity contribution in [2.24, 2.45) is 17.6 Å². The van der Waals surface area contributed by atoms with Gasteiger partial charge in [0.15, 0.2) is 0 Å². The number of ether oxygens (including phenoxy) is 1. The van der Waals surface area contributed by atoms with Gasteiger partial charge in [-0.05, 0) is 44.4 Å². The van der Waals surface area contributed by atoms with Crippen LogP contribution >= 0.6 is 0 Å². The quantitative estimate of drug-likeness (QED) is 0.856. The van der Waals surface area contributed by atoms with E-state index in [1.807, 2.05) is 6.92 Å². The Morgan fingerprint density at radius 2 is 1.94 bits per heavy atom. The lowest BCUT2D eigenvalue weighted by Gasteiger charge is -2.37. The molecule has 1 aliphatic heterocycles. The van der Waals surface area contributed by atoms with E-state index in [-0.39, 0.29) is 22.6 Å². The van der Waals surface area contributed by atoms with E-state index in [2.05, 4.69) is 13.8 Å². The molecule has 0 amide bonds. The molecule has 106 valence electrons. The van der Waals surface area contributed by atoms with Crippen molar-refractivity contribution in [3.63, 3.8) is 0 Å². The third-order valence-corrected chi connectivity index (χ3v) is 7.08. The molecule has 0 radical (unpaired) electrons. The summed E-state index contributed by atoms with van der Waals surface area (Å²) in [7, 11) is -0.829. The summed E-state index contributed by atoms with van der Waals surface area (Å²) in [6.45, 7) is 7.34. The number of hydrogen-bond acceptors (Lipinski definition) is 3. The molecule has 2 N–H and O–H groups in total. The van der Waals surface area contributed by atoms with Gasteiger partial charge in [0.05, 0.1) is 16.6 Å². The van der Waals surface area contributed by atoms with Crippen molar-refractivity contribution in [3.05, 3.63) is 0 Å². The van der Waals surface area contributed by atoms with Crippen LogP contribution in [0.4, 0.5) is 0 Å². The summed E-state index contributed by atoms with van der Waals surface area (Å²) in [5, 5.41) is 0.382. The summed E-state index contributed by atoms with van der Waals surface area (Å²) in [5.41, 5.74) is 6.22. The van der Waals surface area contributed by atoms with E-state index in [1.54, 1.807) is 0 Å². The Morgan fingerprint density at radius 1 is 1.22 bits per heavy atom. The summed E-state index contributed by atoms with van der Waals surface area (Å²) >= 11 is 0. The third kappa shape index (κ3) is 2.97. The molecular weight excluding hydrogens is 246 g/mol. The Kier molecular flexibility index (Phi) is 4.84. The van der Waals surface area contributed by atoms with Crippen LogP contribution in [0.5, 0.6) is 0 Å². The Hall–Kier alpha value is 0.0700. The molecule has 0 bridgehead atoms. The first-order valence-corrected chi connectivity index (χ1v) is 8.55. The Balaban J connectivity index is 2.03. The van der Waals surface area contributed by atoms with E-state index in [9.17, 15) is 4.21 Å². The van der Waals surface area contributed by atoms with Gasteiger partial charge in [-0.3, -0.25) is 4.21 Å². The summed E-state index contributed by atoms with van der Waals surface area (Å²) in [6, 6.07) is 0.119. The molecule has 0 aromatic rings. The van der Waals surface area contributed by atoms with Crippen LogP contribution in [0.25, 0.3) is 0 Å². The van der Waals surface area contributed by atoms with Crippen LogP contribution in [0.2, 0.25) is 0 Å². The van der Waals surface area contributed by atoms with Gasteiger partial charge in [0.25, 0.3) is 0 Å². The fourth-order valence-corrected chi connectivity index (χ4v) is 5.45. The smallest absolute Gasteiger partial charge is 0.0691 e. The van der Waals surface area contributed by atoms with E-state index in [4.69, 9.17) is 10.5 Å². The van der Waals surface area contributed by atoms with Gasteiger partial charge in [0, 0.05) is 23.4 Å². The van der Waals surface area contributed by atoms with Gasteiger partial charge < -0.3 is 10.5 Å². The lowest BCUT2D eigenvalue weighted by molar-refractivity contribution is 0.126. The van der Waals surface area contributed by atoms with Crippen molar-refractivity contribution in [1.82, 2.24) is 0 Å². The summed E-state index contributed by atoms with van der Waals surface area (Å²) in [5.74, 6) is 1.37. The monoisotopic (exact) mass is 273 g/mol. The Morgan fingerprint density at radius 3 is 2.50 bits per heavy atom. The molecule has 0 aromatic heterocycles. The first kappa shape index (κ1) is 14.5. The molecule has 0 spiro atoms. The zero-order chi connectivity index (χ0) is 13.3. The lowest BCUT2D eigenvalue weighted by atomic mass is 9.79. The molecule has 1 aliphatic carbocycles. The number of hydrogen-bond donors (Lipinski definition) is 1. The van der Waals surface area contributed by atoms with Crippen molar-refractivity contribution < 1.29 is 8.95 Å². The molecule has 2 rings (SSSR count). The summed E-state index contributed by atoms with van der Waals surface area (Å²) in [6.07, 6.45) is 4.33. The summed E-state index contributed by atoms with van der Waals surface area (Å²) in [4.78, 5) is 0. The van der Waals surface area contributed by atoms with E-state index < -0.39 is 10.8 Å². The molecule has 4 heteroatoms. The van der Waals surface area contributed by atoms with Crippen molar-refractivity contribution >= 4 is 10.8 Å². The van der Waals surface area contributed by atoms with Crippen molar-refractivity contribution in [1.29, 1.82) is 0 Å². The van der Waals surface area contributed by atoms with E-state index in [0.29, 0.717) is 11.8 Å². The third-order valence-electron chi connectivity index (χ3n) is 4.73. The van der Waals surface area contributed by atoms with Gasteiger partial charge in [-0.1, -0.05) is 13.8 Å². The van der Waals surface area contributed by atoms with Gasteiger partial charge in [-0.15, -0.1) is 0 Å². The van der Waals surface area contributed by atoms with E-state index in [1.165, 1.54) is 6.42 Å². The zero-order valence-corrected chi connectivity index (χ0v) is 12.6. The van der Waals surface area contributed by atoms with Crippen LogP contribution in [0.1, 0.15) is 46.5 Å². The van der Waals surface area contributed by atoms with Crippen molar-refractivity contribution in [2.75, 3.05) is 6.61 Å². The second-order valence-corrected chi connectivity index (χ2v) is 8.12. The van der Waals surface area contributed by atoms with Crippen LogP contribution in [-0.2, 0) is 15.5 Å². The largest absolute Gasteiger partial charge is 0.377 e. The molecule has 1 heterocycles. The SMILES string of the molecule is CC(C)C1CCC(N)C(S(=O)C2CCOC2C)C1. The van der Waals surface area contributed by atoms with Gasteiger partial charge in [0.1, 0.15) is 0 Å². The van der Waals surface area contributed by atoms with Crippen LogP contribution < -0.4 is 5.73 Å². The highest BCUT2D eigenvalue weighted by atomic mass is 32.2. The second-order valence-electron chi connectivity index (χ2n) is 6.25. The Labute approximate surface area is 113 Å². The van der Waals surface area contributed by atoms with Gasteiger partial charge >= 0.3 is 0 Å². The lowest BCUT2D eigenvalue weighted by Crippen LogP contribution is -2.47. The molecule has 3 nitrogen and oxygen atoms in total. The van der Waals surface area contributed by atoms with E-state index >= 15 is 0 Å². The minimum Gasteiger partial charge on any atom is -0.377 e. The fraction of sp³-hybridized carbons (Fsp3) is 1.00. The van der Waals surface area contributed by atoms with Crippen molar-refractivity contribution in [3.8, 4) is 0 Å². The van der Waals surface area contributed by atoms with Gasteiger partial charge in [-0.25, -0.2) is 0 Å². The number of rotatable bonds is 3. The maximum Gasteiger partial charge on any atom is 0.0691 e. The minimum atomic E-state index is -0.829. The highest BCUT2D eigenvalue weighted by Crippen LogP contribution is 2.34. The maximum absolute atomic E-state index is 12.7. The highest BCUT2D eigenvalue weighted by molar-refractivity contribution is 7.86. The molecule has 18 heavy (non-hydrogen) atoms. The van der Waals surface area contributed by atoms with Crippen LogP contribution in [0.3, 0.4) is 0 Å². The maximum atomic E-state index is 12.7. The topological polar surface area (TPSA) is 52.3 Å². The Bertz CT molecular complexity index is 308.